The average molecular weight is 756 g/mol. The number of anilines is 2. The summed E-state index contributed by atoms with van der Waals surface area (Å²) in [7, 11) is 0. The molecule has 3 aliphatic rings. The van der Waals surface area contributed by atoms with Crippen molar-refractivity contribution in [1.29, 1.82) is 5.26 Å². The van der Waals surface area contributed by atoms with E-state index < -0.39 is 28.1 Å². The predicted octanol–water partition coefficient (Wildman–Crippen LogP) is 4.66. The first-order valence-electron chi connectivity index (χ1n) is 17.1. The van der Waals surface area contributed by atoms with E-state index in [4.69, 9.17) is 23.2 Å². The number of amides is 4. The lowest BCUT2D eigenvalue weighted by Gasteiger charge is -2.27. The monoisotopic (exact) mass is 754 g/mol. The summed E-state index contributed by atoms with van der Waals surface area (Å²) in [5.74, 6) is -1.50. The minimum Gasteiger partial charge on any atom is -0.394 e. The summed E-state index contributed by atoms with van der Waals surface area (Å²) in [6.07, 6.45) is 5.06. The number of imidazole rings is 1. The number of aromatic nitrogens is 3. The Balaban J connectivity index is 1.14. The lowest BCUT2D eigenvalue weighted by atomic mass is 9.91. The van der Waals surface area contributed by atoms with Crippen molar-refractivity contribution in [2.24, 2.45) is 0 Å². The van der Waals surface area contributed by atoms with Crippen molar-refractivity contribution in [2.45, 2.75) is 75.0 Å². The maximum absolute atomic E-state index is 14.4. The molecule has 2 aliphatic carbocycles. The van der Waals surface area contributed by atoms with Crippen LogP contribution in [0.1, 0.15) is 84.1 Å². The maximum atomic E-state index is 14.4. The third kappa shape index (κ3) is 6.63. The number of hydrogen-bond acceptors (Lipinski definition) is 8. The number of nitrogens with one attached hydrogen (secondary N) is 3. The lowest BCUT2D eigenvalue weighted by molar-refractivity contribution is -0.125. The van der Waals surface area contributed by atoms with E-state index >= 15 is 0 Å². The molecule has 3 heterocycles. The second kappa shape index (κ2) is 13.0. The van der Waals surface area contributed by atoms with Crippen LogP contribution in [0.3, 0.4) is 0 Å². The summed E-state index contributed by atoms with van der Waals surface area (Å²) >= 11 is 12.7. The van der Waals surface area contributed by atoms with Gasteiger partial charge in [-0.05, 0) is 94.5 Å². The number of pyridine rings is 1. The lowest BCUT2D eigenvalue weighted by Crippen LogP contribution is -2.52. The van der Waals surface area contributed by atoms with Crippen LogP contribution in [0.2, 0.25) is 10.0 Å². The van der Waals surface area contributed by atoms with Gasteiger partial charge in [0, 0.05) is 22.7 Å². The smallest absolute Gasteiger partial charge is 0.270 e. The highest BCUT2D eigenvalue weighted by Gasteiger charge is 2.57. The van der Waals surface area contributed by atoms with Gasteiger partial charge >= 0.3 is 0 Å². The van der Waals surface area contributed by atoms with Crippen molar-refractivity contribution in [2.75, 3.05) is 11.5 Å². The third-order valence-corrected chi connectivity index (χ3v) is 10.5. The minimum absolute atomic E-state index is 0.0836. The Labute approximate surface area is 315 Å². The first kappa shape index (κ1) is 36.1. The molecule has 4 N–H and O–H groups in total. The molecule has 7 rings (SSSR count). The molecule has 53 heavy (non-hydrogen) atoms. The van der Waals surface area contributed by atoms with Gasteiger partial charge in [-0.2, -0.15) is 5.26 Å². The van der Waals surface area contributed by atoms with Crippen molar-refractivity contribution in [3.63, 3.8) is 0 Å². The van der Waals surface area contributed by atoms with Crippen LogP contribution >= 0.6 is 23.2 Å². The average Bonchev–Trinajstić information content (AvgIpc) is 4.03. The summed E-state index contributed by atoms with van der Waals surface area (Å²) in [5.41, 5.74) is -1.48. The Morgan fingerprint density at radius 2 is 1.62 bits per heavy atom. The molecule has 1 aliphatic heterocycles. The Morgan fingerprint density at radius 1 is 0.943 bits per heavy atom. The van der Waals surface area contributed by atoms with Crippen LogP contribution < -0.4 is 20.9 Å². The fraction of sp³-hybridized carbons (Fsp3) is 0.342. The molecule has 2 fully saturated rings. The van der Waals surface area contributed by atoms with Crippen LogP contribution in [0.25, 0.3) is 0 Å². The number of nitriles is 1. The van der Waals surface area contributed by atoms with Gasteiger partial charge in [-0.25, -0.2) is 9.88 Å². The fourth-order valence-corrected chi connectivity index (χ4v) is 7.19. The molecule has 15 heteroatoms. The number of hydrogen-bond donors (Lipinski definition) is 4. The van der Waals surface area contributed by atoms with Gasteiger partial charge in [-0.1, -0.05) is 35.3 Å². The second-order valence-corrected chi connectivity index (χ2v) is 15.7. The summed E-state index contributed by atoms with van der Waals surface area (Å²) in [5, 5.41) is 28.2. The molecule has 13 nitrogen and oxygen atoms in total. The molecule has 0 spiro atoms. The topological polar surface area (TPSA) is 182 Å². The number of halogens is 2. The molecule has 2 aromatic carbocycles. The van der Waals surface area contributed by atoms with Gasteiger partial charge in [-0.3, -0.25) is 28.7 Å². The molecule has 0 bridgehead atoms. The first-order valence-corrected chi connectivity index (χ1v) is 17.8. The number of carbonyl (C=O) groups excluding carboxylic acids is 4. The molecular weight excluding hydrogens is 719 g/mol. The summed E-state index contributed by atoms with van der Waals surface area (Å²) in [6, 6.07) is 17.0. The molecule has 2 saturated carbocycles. The molecule has 0 unspecified atom stereocenters. The van der Waals surface area contributed by atoms with Crippen LogP contribution in [-0.4, -0.2) is 61.0 Å². The van der Waals surface area contributed by atoms with E-state index in [1.165, 1.54) is 17.3 Å². The predicted molar refractivity (Wildman–Crippen MR) is 196 cm³/mol. The van der Waals surface area contributed by atoms with Gasteiger partial charge < -0.3 is 21.1 Å². The third-order valence-electron chi connectivity index (χ3n) is 10.1. The molecule has 4 amide bonds. The zero-order valence-electron chi connectivity index (χ0n) is 29.2. The summed E-state index contributed by atoms with van der Waals surface area (Å²) < 4.78 is 1.58. The Morgan fingerprint density at radius 3 is 2.19 bits per heavy atom. The molecule has 272 valence electrons. The number of rotatable bonds is 11. The molecule has 1 atom stereocenters. The van der Waals surface area contributed by atoms with Crippen molar-refractivity contribution in [1.82, 2.24) is 30.5 Å². The zero-order valence-corrected chi connectivity index (χ0v) is 30.7. The van der Waals surface area contributed by atoms with Crippen LogP contribution in [0, 0.1) is 11.3 Å². The van der Waals surface area contributed by atoms with Crippen molar-refractivity contribution < 1.29 is 24.3 Å². The Bertz CT molecular complexity index is 2180. The first-order chi connectivity index (χ1) is 25.1. The van der Waals surface area contributed by atoms with Crippen molar-refractivity contribution in [3.8, 4) is 6.07 Å². The number of fused-ring (bicyclic) bond motifs is 1. The standard InChI is InChI=1S/C38H36Cl2N8O5/c1-35(2,21-49)44-30(50)24-8-9-29(42-19-24)37(10-11-37)46-32(52)38(12-13-38)45-31(51)28-20-43-34-47(27-15-25(39)14-26(40)16-27)33(53)36(3,48(28)34)17-22-4-6-23(18-41)7-5-22/h4-9,14-16,19-20,49H,10-13,17,21H2,1-3H3,(H,44,50)(H,45,51)(H,46,52)/t36-/m1/s1. The SMILES string of the molecule is CC(C)(CO)NC(=O)c1ccc(C2(NC(=O)C3(NC(=O)c4cnc5n4[C@](C)(Cc4ccc(C#N)cc4)C(=O)N5c4cc(Cl)cc(Cl)c4)CC3)CC2)nc1. The molecule has 2 aromatic heterocycles. The quantitative estimate of drug-likeness (QED) is 0.171. The molecule has 0 radical (unpaired) electrons. The highest BCUT2D eigenvalue weighted by atomic mass is 35.5. The number of nitrogens with zero attached hydrogens (tertiary/aromatic N) is 5. The highest BCUT2D eigenvalue weighted by Crippen LogP contribution is 2.47. The van der Waals surface area contributed by atoms with Crippen LogP contribution in [0.15, 0.2) is 67.0 Å². The largest absolute Gasteiger partial charge is 0.394 e. The fourth-order valence-electron chi connectivity index (χ4n) is 6.68. The van der Waals surface area contributed by atoms with Crippen LogP contribution in [0.5, 0.6) is 0 Å². The summed E-state index contributed by atoms with van der Waals surface area (Å²) in [6.45, 7) is 4.90. The van der Waals surface area contributed by atoms with E-state index in [-0.39, 0.29) is 42.4 Å². The maximum Gasteiger partial charge on any atom is 0.270 e. The summed E-state index contributed by atoms with van der Waals surface area (Å²) in [4.78, 5) is 65.5. The van der Waals surface area contributed by atoms with Gasteiger partial charge in [0.2, 0.25) is 11.9 Å². The van der Waals surface area contributed by atoms with Crippen molar-refractivity contribution >= 4 is 58.5 Å². The Kier molecular flexibility index (Phi) is 8.84. The second-order valence-electron chi connectivity index (χ2n) is 14.8. The van der Waals surface area contributed by atoms with E-state index in [2.05, 4.69) is 32.0 Å². The van der Waals surface area contributed by atoms with Gasteiger partial charge in [-0.15, -0.1) is 0 Å². The van der Waals surface area contributed by atoms with Gasteiger partial charge in [0.05, 0.1) is 52.5 Å². The normalized spacial score (nSPS) is 19.2. The van der Waals surface area contributed by atoms with E-state index in [1.807, 2.05) is 0 Å². The van der Waals surface area contributed by atoms with E-state index in [1.54, 1.807) is 79.9 Å². The highest BCUT2D eigenvalue weighted by molar-refractivity contribution is 6.35. The van der Waals surface area contributed by atoms with Gasteiger partial charge in [0.15, 0.2) is 0 Å². The van der Waals surface area contributed by atoms with Crippen molar-refractivity contribution in [3.05, 3.63) is 105 Å². The number of aliphatic hydroxyl groups excluding tert-OH is 1. The van der Waals surface area contributed by atoms with E-state index in [0.717, 1.165) is 5.56 Å². The number of aliphatic hydroxyl groups is 1. The van der Waals surface area contributed by atoms with Crippen LogP contribution in [-0.2, 0) is 27.1 Å². The van der Waals surface area contributed by atoms with Crippen LogP contribution in [0.4, 0.5) is 11.6 Å². The number of carbonyl (C=O) groups is 4. The van der Waals surface area contributed by atoms with E-state index in [9.17, 15) is 29.5 Å². The van der Waals surface area contributed by atoms with Gasteiger partial charge in [0.25, 0.3) is 17.7 Å². The van der Waals surface area contributed by atoms with E-state index in [0.29, 0.717) is 58.2 Å². The zero-order chi connectivity index (χ0) is 37.9. The number of benzene rings is 2. The molecular formula is C38H36Cl2N8O5. The minimum atomic E-state index is -1.35. The molecule has 4 aromatic rings. The Hall–Kier alpha value is -5.29. The molecule has 0 saturated heterocycles. The van der Waals surface area contributed by atoms with Gasteiger partial charge in [0.1, 0.15) is 16.8 Å².